The first-order valence-corrected chi connectivity index (χ1v) is 13.2. The molecule has 2 amide bonds. The molecule has 3 rings (SSSR count). The standard InChI is InChI=1S/C29H41N3O3/c1-3-4-5-7-11-23-12-14-24(15-13-23)28(33)31-25-16-17-27(32-19-8-6-9-20-32)26(22-25)29(34)30-18-10-21-35-2/h12-17,22H,3-11,18-21H2,1-2H3,(H,30,34)(H,31,33). The van der Waals surface area contributed by atoms with Crippen molar-refractivity contribution in [3.63, 3.8) is 0 Å². The topological polar surface area (TPSA) is 70.7 Å². The lowest BCUT2D eigenvalue weighted by Gasteiger charge is -2.30. The molecule has 0 unspecified atom stereocenters. The Morgan fingerprint density at radius 3 is 2.40 bits per heavy atom. The predicted octanol–water partition coefficient (Wildman–Crippen LogP) is 5.82. The molecule has 2 aromatic rings. The summed E-state index contributed by atoms with van der Waals surface area (Å²) in [4.78, 5) is 28.2. The Bertz CT molecular complexity index is 937. The highest BCUT2D eigenvalue weighted by atomic mass is 16.5. The summed E-state index contributed by atoms with van der Waals surface area (Å²) in [6.45, 7) is 5.26. The Morgan fingerprint density at radius 1 is 0.914 bits per heavy atom. The van der Waals surface area contributed by atoms with Crippen molar-refractivity contribution in [1.29, 1.82) is 0 Å². The summed E-state index contributed by atoms with van der Waals surface area (Å²) in [5.41, 5.74) is 4.04. The zero-order valence-corrected chi connectivity index (χ0v) is 21.4. The fraction of sp³-hybridized carbons (Fsp3) is 0.517. The van der Waals surface area contributed by atoms with Gasteiger partial charge in [-0.1, -0.05) is 38.3 Å². The number of nitrogens with zero attached hydrogens (tertiary/aromatic N) is 1. The van der Waals surface area contributed by atoms with E-state index in [9.17, 15) is 9.59 Å². The molecule has 0 saturated carbocycles. The summed E-state index contributed by atoms with van der Waals surface area (Å²) < 4.78 is 5.08. The summed E-state index contributed by atoms with van der Waals surface area (Å²) in [7, 11) is 1.66. The molecular formula is C29H41N3O3. The molecule has 35 heavy (non-hydrogen) atoms. The zero-order valence-electron chi connectivity index (χ0n) is 21.4. The highest BCUT2D eigenvalue weighted by Crippen LogP contribution is 2.27. The van der Waals surface area contributed by atoms with Crippen molar-refractivity contribution in [3.05, 3.63) is 59.2 Å². The number of benzene rings is 2. The van der Waals surface area contributed by atoms with Crippen molar-refractivity contribution in [2.45, 2.75) is 64.7 Å². The molecule has 0 radical (unpaired) electrons. The molecular weight excluding hydrogens is 438 g/mol. The van der Waals surface area contributed by atoms with Crippen molar-refractivity contribution in [2.24, 2.45) is 0 Å². The molecule has 0 bridgehead atoms. The van der Waals surface area contributed by atoms with Crippen molar-refractivity contribution >= 4 is 23.2 Å². The van der Waals surface area contributed by atoms with E-state index in [1.54, 1.807) is 13.2 Å². The van der Waals surface area contributed by atoms with E-state index in [0.29, 0.717) is 30.0 Å². The molecule has 1 saturated heterocycles. The Balaban J connectivity index is 1.69. The maximum atomic E-state index is 13.1. The molecule has 6 nitrogen and oxygen atoms in total. The van der Waals surface area contributed by atoms with Crippen LogP contribution in [0.3, 0.4) is 0 Å². The summed E-state index contributed by atoms with van der Waals surface area (Å²) in [5, 5.41) is 5.98. The van der Waals surface area contributed by atoms with Crippen LogP contribution in [0.25, 0.3) is 0 Å². The third-order valence-corrected chi connectivity index (χ3v) is 6.54. The second-order valence-electron chi connectivity index (χ2n) is 9.34. The lowest BCUT2D eigenvalue weighted by atomic mass is 10.0. The largest absolute Gasteiger partial charge is 0.385 e. The molecule has 0 aromatic heterocycles. The lowest BCUT2D eigenvalue weighted by molar-refractivity contribution is 0.0947. The summed E-state index contributed by atoms with van der Waals surface area (Å²) in [6, 6.07) is 13.5. The van der Waals surface area contributed by atoms with Crippen LogP contribution in [0.4, 0.5) is 11.4 Å². The molecule has 2 N–H and O–H groups in total. The predicted molar refractivity (Wildman–Crippen MR) is 144 cm³/mol. The summed E-state index contributed by atoms with van der Waals surface area (Å²) in [5.74, 6) is -0.287. The van der Waals surface area contributed by atoms with E-state index in [4.69, 9.17) is 4.74 Å². The van der Waals surface area contributed by atoms with E-state index in [-0.39, 0.29) is 11.8 Å². The van der Waals surface area contributed by atoms with Crippen LogP contribution in [-0.4, -0.2) is 45.2 Å². The molecule has 1 aliphatic heterocycles. The van der Waals surface area contributed by atoms with Crippen molar-refractivity contribution in [1.82, 2.24) is 5.32 Å². The number of carbonyl (C=O) groups is 2. The molecule has 1 heterocycles. The van der Waals surface area contributed by atoms with Gasteiger partial charge in [0.05, 0.1) is 5.56 Å². The Labute approximate surface area is 210 Å². The first-order chi connectivity index (χ1) is 17.1. The number of hydrogen-bond acceptors (Lipinski definition) is 4. The van der Waals surface area contributed by atoms with Crippen LogP contribution in [0.1, 0.15) is 84.6 Å². The van der Waals surface area contributed by atoms with Crippen LogP contribution in [0.2, 0.25) is 0 Å². The summed E-state index contributed by atoms with van der Waals surface area (Å²) in [6.07, 6.45) is 10.2. The van der Waals surface area contributed by atoms with Crippen molar-refractivity contribution in [2.75, 3.05) is 43.6 Å². The normalized spacial score (nSPS) is 13.5. The van der Waals surface area contributed by atoms with E-state index < -0.39 is 0 Å². The number of ether oxygens (including phenoxy) is 1. The van der Waals surface area contributed by atoms with E-state index >= 15 is 0 Å². The highest BCUT2D eigenvalue weighted by Gasteiger charge is 2.20. The second-order valence-corrected chi connectivity index (χ2v) is 9.34. The maximum Gasteiger partial charge on any atom is 0.255 e. The molecule has 1 fully saturated rings. The van der Waals surface area contributed by atoms with Gasteiger partial charge in [-0.3, -0.25) is 9.59 Å². The molecule has 0 aliphatic carbocycles. The molecule has 190 valence electrons. The van der Waals surface area contributed by atoms with Crippen LogP contribution in [0.15, 0.2) is 42.5 Å². The first-order valence-electron chi connectivity index (χ1n) is 13.2. The van der Waals surface area contributed by atoms with Crippen LogP contribution < -0.4 is 15.5 Å². The zero-order chi connectivity index (χ0) is 24.9. The van der Waals surface area contributed by atoms with Gasteiger partial charge in [-0.15, -0.1) is 0 Å². The van der Waals surface area contributed by atoms with E-state index in [0.717, 1.165) is 44.5 Å². The maximum absolute atomic E-state index is 13.1. The van der Waals surface area contributed by atoms with Crippen LogP contribution in [-0.2, 0) is 11.2 Å². The molecule has 0 atom stereocenters. The van der Waals surface area contributed by atoms with Crippen LogP contribution >= 0.6 is 0 Å². The fourth-order valence-electron chi connectivity index (χ4n) is 4.50. The van der Waals surface area contributed by atoms with Gasteiger partial charge in [-0.05, 0) is 74.4 Å². The summed E-state index contributed by atoms with van der Waals surface area (Å²) >= 11 is 0. The molecule has 0 spiro atoms. The number of carbonyl (C=O) groups excluding carboxylic acids is 2. The van der Waals surface area contributed by atoms with E-state index in [1.165, 1.54) is 37.7 Å². The van der Waals surface area contributed by atoms with Crippen LogP contribution in [0, 0.1) is 0 Å². The average Bonchev–Trinajstić information content (AvgIpc) is 2.90. The van der Waals surface area contributed by atoms with Gasteiger partial charge in [-0.2, -0.15) is 0 Å². The van der Waals surface area contributed by atoms with Gasteiger partial charge in [0.15, 0.2) is 0 Å². The number of rotatable bonds is 13. The third-order valence-electron chi connectivity index (χ3n) is 6.54. The number of aryl methyl sites for hydroxylation is 1. The van der Waals surface area contributed by atoms with Gasteiger partial charge < -0.3 is 20.3 Å². The van der Waals surface area contributed by atoms with Crippen LogP contribution in [0.5, 0.6) is 0 Å². The molecule has 1 aliphatic rings. The van der Waals surface area contributed by atoms with Gasteiger partial charge in [-0.25, -0.2) is 0 Å². The fourth-order valence-corrected chi connectivity index (χ4v) is 4.50. The van der Waals surface area contributed by atoms with E-state index in [2.05, 4.69) is 22.5 Å². The minimum atomic E-state index is -0.167. The smallest absolute Gasteiger partial charge is 0.255 e. The lowest BCUT2D eigenvalue weighted by Crippen LogP contribution is -2.33. The minimum absolute atomic E-state index is 0.120. The SMILES string of the molecule is CCCCCCc1ccc(C(=O)Nc2ccc(N3CCCCC3)c(C(=O)NCCCOC)c2)cc1. The Morgan fingerprint density at radius 2 is 1.69 bits per heavy atom. The molecule has 6 heteroatoms. The Hall–Kier alpha value is -2.86. The number of amides is 2. The van der Waals surface area contributed by atoms with Gasteiger partial charge in [0.2, 0.25) is 0 Å². The van der Waals surface area contributed by atoms with Crippen molar-refractivity contribution in [3.8, 4) is 0 Å². The monoisotopic (exact) mass is 479 g/mol. The number of piperidine rings is 1. The number of hydrogen-bond donors (Lipinski definition) is 2. The molecule has 2 aromatic carbocycles. The number of nitrogens with one attached hydrogen (secondary N) is 2. The van der Waals surface area contributed by atoms with Gasteiger partial charge >= 0.3 is 0 Å². The highest BCUT2D eigenvalue weighted by molar-refractivity contribution is 6.06. The number of anilines is 2. The van der Waals surface area contributed by atoms with E-state index in [1.807, 2.05) is 36.4 Å². The Kier molecular flexibility index (Phi) is 11.1. The second kappa shape index (κ2) is 14.5. The van der Waals surface area contributed by atoms with Crippen molar-refractivity contribution < 1.29 is 14.3 Å². The van der Waals surface area contributed by atoms with Gasteiger partial charge in [0.25, 0.3) is 11.8 Å². The number of methoxy groups -OCH3 is 1. The first kappa shape index (κ1) is 26.7. The number of unbranched alkanes of at least 4 members (excludes halogenated alkanes) is 3. The van der Waals surface area contributed by atoms with Gasteiger partial charge in [0, 0.05) is 50.3 Å². The third kappa shape index (κ3) is 8.39. The van der Waals surface area contributed by atoms with Gasteiger partial charge in [0.1, 0.15) is 0 Å². The average molecular weight is 480 g/mol. The minimum Gasteiger partial charge on any atom is -0.385 e. The quantitative estimate of drug-likeness (QED) is 0.355.